The number of nitrogens with one attached hydrogen (secondary N) is 2. The molecule has 0 bridgehead atoms. The van der Waals surface area contributed by atoms with Crippen LogP contribution < -0.4 is 10.7 Å². The van der Waals surface area contributed by atoms with E-state index in [-0.39, 0.29) is 24.3 Å². The Bertz CT molecular complexity index is 759. The number of para-hydroxylation sites is 1. The third-order valence-corrected chi connectivity index (χ3v) is 3.30. The number of carbonyl (C=O) groups is 2. The summed E-state index contributed by atoms with van der Waals surface area (Å²) in [6, 6.07) is 13.5. The summed E-state index contributed by atoms with van der Waals surface area (Å²) >= 11 is 0. The van der Waals surface area contributed by atoms with Gasteiger partial charge in [-0.05, 0) is 24.6 Å². The van der Waals surface area contributed by atoms with Gasteiger partial charge in [0.2, 0.25) is 11.8 Å². The SMILES string of the molecule is Cc1ccccc1NC(=O)CCC(=O)NN=Cc1ccccc1F. The summed E-state index contributed by atoms with van der Waals surface area (Å²) in [5.41, 5.74) is 4.22. The Morgan fingerprint density at radius 3 is 2.46 bits per heavy atom. The van der Waals surface area contributed by atoms with Gasteiger partial charge in [-0.3, -0.25) is 9.59 Å². The summed E-state index contributed by atoms with van der Waals surface area (Å²) in [6.45, 7) is 1.89. The first-order valence-corrected chi connectivity index (χ1v) is 7.48. The molecule has 124 valence electrons. The van der Waals surface area contributed by atoms with Crippen LogP contribution in [0.25, 0.3) is 0 Å². The molecule has 2 N–H and O–H groups in total. The molecule has 0 heterocycles. The maximum Gasteiger partial charge on any atom is 0.240 e. The molecule has 0 aliphatic carbocycles. The number of aryl methyl sites for hydroxylation is 1. The summed E-state index contributed by atoms with van der Waals surface area (Å²) in [7, 11) is 0. The summed E-state index contributed by atoms with van der Waals surface area (Å²) < 4.78 is 13.4. The van der Waals surface area contributed by atoms with Crippen molar-refractivity contribution in [2.24, 2.45) is 5.10 Å². The van der Waals surface area contributed by atoms with E-state index in [0.717, 1.165) is 11.3 Å². The molecular formula is C18H18FN3O2. The second-order valence-electron chi connectivity index (χ2n) is 5.18. The average Bonchev–Trinajstić information content (AvgIpc) is 2.57. The molecular weight excluding hydrogens is 309 g/mol. The largest absolute Gasteiger partial charge is 0.326 e. The van der Waals surface area contributed by atoms with Crippen LogP contribution in [0.4, 0.5) is 10.1 Å². The summed E-state index contributed by atoms with van der Waals surface area (Å²) in [6.07, 6.45) is 1.25. The lowest BCUT2D eigenvalue weighted by atomic mass is 10.2. The van der Waals surface area contributed by atoms with E-state index < -0.39 is 11.7 Å². The number of amides is 2. The van der Waals surface area contributed by atoms with Crippen molar-refractivity contribution < 1.29 is 14.0 Å². The summed E-state index contributed by atoms with van der Waals surface area (Å²) in [5, 5.41) is 6.43. The monoisotopic (exact) mass is 327 g/mol. The molecule has 5 nitrogen and oxygen atoms in total. The molecule has 0 saturated carbocycles. The first-order valence-electron chi connectivity index (χ1n) is 7.48. The van der Waals surface area contributed by atoms with Crippen LogP contribution in [-0.4, -0.2) is 18.0 Å². The topological polar surface area (TPSA) is 70.6 Å². The van der Waals surface area contributed by atoms with Gasteiger partial charge in [-0.1, -0.05) is 36.4 Å². The minimum Gasteiger partial charge on any atom is -0.326 e. The Kier molecular flexibility index (Phi) is 6.19. The zero-order valence-corrected chi connectivity index (χ0v) is 13.3. The standard InChI is InChI=1S/C18H18FN3O2/c1-13-6-2-5-9-16(13)21-17(23)10-11-18(24)22-20-12-14-7-3-4-8-15(14)19/h2-9,12H,10-11H2,1H3,(H,21,23)(H,22,24). The highest BCUT2D eigenvalue weighted by Gasteiger charge is 2.07. The molecule has 0 aromatic heterocycles. The van der Waals surface area contributed by atoms with Crippen LogP contribution in [0.5, 0.6) is 0 Å². The van der Waals surface area contributed by atoms with E-state index in [1.54, 1.807) is 24.3 Å². The highest BCUT2D eigenvalue weighted by Crippen LogP contribution is 2.13. The van der Waals surface area contributed by atoms with Crippen LogP contribution in [0, 0.1) is 12.7 Å². The number of hydrazone groups is 1. The fourth-order valence-electron chi connectivity index (χ4n) is 1.96. The number of benzene rings is 2. The molecule has 0 atom stereocenters. The van der Waals surface area contributed by atoms with Gasteiger partial charge in [-0.25, -0.2) is 9.82 Å². The molecule has 0 aliphatic rings. The van der Waals surface area contributed by atoms with Crippen molar-refractivity contribution in [1.29, 1.82) is 0 Å². The van der Waals surface area contributed by atoms with Crippen LogP contribution in [0.3, 0.4) is 0 Å². The second kappa shape index (κ2) is 8.57. The molecule has 0 saturated heterocycles. The fraction of sp³-hybridized carbons (Fsp3) is 0.167. The second-order valence-corrected chi connectivity index (χ2v) is 5.18. The van der Waals surface area contributed by atoms with Gasteiger partial charge in [0.05, 0.1) is 6.21 Å². The minimum absolute atomic E-state index is 0.00761. The van der Waals surface area contributed by atoms with Gasteiger partial charge in [0.1, 0.15) is 5.82 Å². The van der Waals surface area contributed by atoms with Crippen molar-refractivity contribution in [2.45, 2.75) is 19.8 Å². The van der Waals surface area contributed by atoms with E-state index >= 15 is 0 Å². The maximum absolute atomic E-state index is 13.4. The van der Waals surface area contributed by atoms with Crippen LogP contribution in [0.1, 0.15) is 24.0 Å². The number of carbonyl (C=O) groups excluding carboxylic acids is 2. The quantitative estimate of drug-likeness (QED) is 0.632. The Labute approximate surface area is 139 Å². The van der Waals surface area contributed by atoms with E-state index in [2.05, 4.69) is 15.8 Å². The van der Waals surface area contributed by atoms with Crippen molar-refractivity contribution in [3.63, 3.8) is 0 Å². The van der Waals surface area contributed by atoms with Gasteiger partial charge in [0.25, 0.3) is 0 Å². The van der Waals surface area contributed by atoms with Crippen molar-refractivity contribution in [2.75, 3.05) is 5.32 Å². The van der Waals surface area contributed by atoms with Crippen LogP contribution >= 0.6 is 0 Å². The zero-order chi connectivity index (χ0) is 17.4. The highest BCUT2D eigenvalue weighted by molar-refractivity contribution is 5.94. The fourth-order valence-corrected chi connectivity index (χ4v) is 1.96. The van der Waals surface area contributed by atoms with E-state index in [0.29, 0.717) is 0 Å². The Morgan fingerprint density at radius 2 is 1.71 bits per heavy atom. The van der Waals surface area contributed by atoms with Crippen molar-refractivity contribution in [3.8, 4) is 0 Å². The molecule has 0 unspecified atom stereocenters. The molecule has 2 amide bonds. The van der Waals surface area contributed by atoms with E-state index in [1.165, 1.54) is 12.3 Å². The molecule has 0 spiro atoms. The maximum atomic E-state index is 13.4. The van der Waals surface area contributed by atoms with Crippen molar-refractivity contribution >= 4 is 23.7 Å². The molecule has 6 heteroatoms. The zero-order valence-electron chi connectivity index (χ0n) is 13.3. The number of hydrogen-bond acceptors (Lipinski definition) is 3. The molecule has 0 radical (unpaired) electrons. The molecule has 2 rings (SSSR count). The van der Waals surface area contributed by atoms with Gasteiger partial charge in [0, 0.05) is 24.1 Å². The van der Waals surface area contributed by atoms with Crippen LogP contribution in [0.15, 0.2) is 53.6 Å². The van der Waals surface area contributed by atoms with Gasteiger partial charge in [0.15, 0.2) is 0 Å². The minimum atomic E-state index is -0.423. The first-order chi connectivity index (χ1) is 11.6. The number of hydrogen-bond donors (Lipinski definition) is 2. The van der Waals surface area contributed by atoms with E-state index in [9.17, 15) is 14.0 Å². The van der Waals surface area contributed by atoms with Gasteiger partial charge in [-0.15, -0.1) is 0 Å². The van der Waals surface area contributed by atoms with Gasteiger partial charge < -0.3 is 5.32 Å². The Balaban J connectivity index is 1.76. The van der Waals surface area contributed by atoms with Crippen LogP contribution in [0.2, 0.25) is 0 Å². The molecule has 24 heavy (non-hydrogen) atoms. The molecule has 0 fully saturated rings. The van der Waals surface area contributed by atoms with Crippen molar-refractivity contribution in [3.05, 3.63) is 65.5 Å². The predicted octanol–water partition coefficient (Wildman–Crippen LogP) is 3.00. The lowest BCUT2D eigenvalue weighted by Gasteiger charge is -2.07. The summed E-state index contributed by atoms with van der Waals surface area (Å²) in [5.74, 6) is -1.09. The smallest absolute Gasteiger partial charge is 0.240 e. The molecule has 0 aliphatic heterocycles. The number of anilines is 1. The Morgan fingerprint density at radius 1 is 1.04 bits per heavy atom. The molecule has 2 aromatic carbocycles. The third kappa shape index (κ3) is 5.31. The highest BCUT2D eigenvalue weighted by atomic mass is 19.1. The normalized spacial score (nSPS) is 10.6. The predicted molar refractivity (Wildman–Crippen MR) is 91.2 cm³/mol. The average molecular weight is 327 g/mol. The van der Waals surface area contributed by atoms with E-state index in [4.69, 9.17) is 0 Å². The third-order valence-electron chi connectivity index (χ3n) is 3.30. The van der Waals surface area contributed by atoms with E-state index in [1.807, 2.05) is 25.1 Å². The van der Waals surface area contributed by atoms with Gasteiger partial charge in [-0.2, -0.15) is 5.10 Å². The number of nitrogens with zero attached hydrogens (tertiary/aromatic N) is 1. The number of halogens is 1. The van der Waals surface area contributed by atoms with Gasteiger partial charge >= 0.3 is 0 Å². The summed E-state index contributed by atoms with van der Waals surface area (Å²) in [4.78, 5) is 23.5. The lowest BCUT2D eigenvalue weighted by molar-refractivity contribution is -0.124. The van der Waals surface area contributed by atoms with Crippen LogP contribution in [-0.2, 0) is 9.59 Å². The van der Waals surface area contributed by atoms with Crippen molar-refractivity contribution in [1.82, 2.24) is 5.43 Å². The number of rotatable bonds is 6. The Hall–Kier alpha value is -3.02. The lowest BCUT2D eigenvalue weighted by Crippen LogP contribution is -2.21. The molecule has 2 aromatic rings. The first kappa shape index (κ1) is 17.3.